The molecule has 0 saturated carbocycles. The van der Waals surface area contributed by atoms with E-state index in [0.29, 0.717) is 0 Å². The van der Waals surface area contributed by atoms with Crippen LogP contribution in [0.3, 0.4) is 0 Å². The molecule has 53 heavy (non-hydrogen) atoms. The Hall–Kier alpha value is -5.91. The molecule has 8 aromatic rings. The SMILES string of the molecule is COc1ccccc1-c1ccnc(-c2[c-]c3c(cc2)Oc2cccc4c2B3c2[c-]c(-c3nc5ccccc5n3-c3c(C)cccc3C)ccc2O4)c1.[Pt+2]. The molecule has 4 heterocycles. The number of ether oxygens (including phenoxy) is 3. The number of hydrogen-bond acceptors (Lipinski definition) is 5. The topological polar surface area (TPSA) is 58.4 Å². The van der Waals surface area contributed by atoms with Gasteiger partial charge in [-0.3, -0.25) is 4.98 Å². The van der Waals surface area contributed by atoms with Gasteiger partial charge in [0.15, 0.2) is 0 Å². The minimum atomic E-state index is -0.242. The van der Waals surface area contributed by atoms with Crippen molar-refractivity contribution in [2.24, 2.45) is 0 Å². The Labute approximate surface area is 322 Å². The van der Waals surface area contributed by atoms with Gasteiger partial charge >= 0.3 is 21.1 Å². The number of aromatic nitrogens is 3. The number of fused-ring (bicyclic) bond motifs is 5. The van der Waals surface area contributed by atoms with Crippen LogP contribution >= 0.6 is 0 Å². The van der Waals surface area contributed by atoms with E-state index in [1.165, 1.54) is 11.1 Å². The second-order valence-corrected chi connectivity index (χ2v) is 13.2. The van der Waals surface area contributed by atoms with E-state index in [0.717, 1.165) is 95.6 Å². The number of rotatable bonds is 5. The molecule has 2 aliphatic heterocycles. The quantitative estimate of drug-likeness (QED) is 0.129. The zero-order chi connectivity index (χ0) is 34.9. The van der Waals surface area contributed by atoms with Crippen molar-refractivity contribution in [2.45, 2.75) is 13.8 Å². The number of nitrogens with zero attached hydrogens (tertiary/aromatic N) is 3. The molecule has 8 heteroatoms. The molecular weight excluding hydrogens is 836 g/mol. The summed E-state index contributed by atoms with van der Waals surface area (Å²) in [6.45, 7) is 4.06. The fraction of sp³-hybridized carbons (Fsp3) is 0.0667. The van der Waals surface area contributed by atoms with Crippen LogP contribution in [0.1, 0.15) is 11.1 Å². The Bertz CT molecular complexity index is 2710. The van der Waals surface area contributed by atoms with E-state index in [4.69, 9.17) is 24.2 Å². The minimum absolute atomic E-state index is 0. The first kappa shape index (κ1) is 33.0. The van der Waals surface area contributed by atoms with Gasteiger partial charge in [0.1, 0.15) is 17.2 Å². The van der Waals surface area contributed by atoms with Crippen molar-refractivity contribution < 1.29 is 35.3 Å². The van der Waals surface area contributed by atoms with Gasteiger partial charge in [-0.1, -0.05) is 60.7 Å². The molecule has 2 aliphatic rings. The van der Waals surface area contributed by atoms with Gasteiger partial charge in [-0.15, -0.1) is 58.5 Å². The molecule has 256 valence electrons. The maximum Gasteiger partial charge on any atom is 2.00 e. The first-order valence-corrected chi connectivity index (χ1v) is 17.3. The Kier molecular flexibility index (Phi) is 8.05. The summed E-state index contributed by atoms with van der Waals surface area (Å²) in [5, 5.41) is 0. The average molecular weight is 867 g/mol. The van der Waals surface area contributed by atoms with Crippen molar-refractivity contribution in [2.75, 3.05) is 7.11 Å². The predicted molar refractivity (Wildman–Crippen MR) is 207 cm³/mol. The van der Waals surface area contributed by atoms with E-state index in [2.05, 4.69) is 85.1 Å². The van der Waals surface area contributed by atoms with E-state index in [1.807, 2.05) is 72.9 Å². The maximum atomic E-state index is 6.57. The molecule has 6 nitrogen and oxygen atoms in total. The molecule has 0 fully saturated rings. The fourth-order valence-electron chi connectivity index (χ4n) is 7.76. The normalized spacial score (nSPS) is 12.2. The molecule has 0 radical (unpaired) electrons. The molecule has 0 saturated heterocycles. The third kappa shape index (κ3) is 5.30. The molecule has 10 rings (SSSR count). The maximum absolute atomic E-state index is 6.57. The average Bonchev–Trinajstić information content (AvgIpc) is 3.56. The summed E-state index contributed by atoms with van der Waals surface area (Å²) >= 11 is 0. The molecule has 0 spiro atoms. The smallest absolute Gasteiger partial charge is 0.503 e. The molecular formula is C45H30BN3O3Pt. The number of pyridine rings is 1. The van der Waals surface area contributed by atoms with E-state index < -0.39 is 0 Å². The molecule has 0 unspecified atom stereocenters. The van der Waals surface area contributed by atoms with Crippen molar-refractivity contribution in [3.63, 3.8) is 0 Å². The number of methoxy groups -OCH3 is 1. The second kappa shape index (κ2) is 12.9. The summed E-state index contributed by atoms with van der Waals surface area (Å²) in [7, 11) is 1.69. The summed E-state index contributed by atoms with van der Waals surface area (Å²) in [5.41, 5.74) is 12.8. The number of imidazole rings is 1. The zero-order valence-electron chi connectivity index (χ0n) is 29.1. The van der Waals surface area contributed by atoms with Crippen LogP contribution in [0, 0.1) is 26.0 Å². The van der Waals surface area contributed by atoms with Gasteiger partial charge in [0.25, 0.3) is 0 Å². The summed E-state index contributed by atoms with van der Waals surface area (Å²) in [6.07, 6.45) is 1.83. The van der Waals surface area contributed by atoms with Gasteiger partial charge in [0, 0.05) is 34.4 Å². The molecule has 6 aromatic carbocycles. The van der Waals surface area contributed by atoms with Crippen LogP contribution in [0.2, 0.25) is 0 Å². The first-order chi connectivity index (χ1) is 25.6. The third-order valence-electron chi connectivity index (χ3n) is 10.1. The van der Waals surface area contributed by atoms with Crippen LogP contribution in [0.5, 0.6) is 28.7 Å². The van der Waals surface area contributed by atoms with Crippen LogP contribution in [-0.4, -0.2) is 28.4 Å². The largest absolute Gasteiger partial charge is 2.00 e. The van der Waals surface area contributed by atoms with Gasteiger partial charge in [-0.25, -0.2) is 0 Å². The summed E-state index contributed by atoms with van der Waals surface area (Å²) in [6, 6.07) is 48.5. The summed E-state index contributed by atoms with van der Waals surface area (Å²) < 4.78 is 21.0. The molecule has 0 amide bonds. The number of aryl methyl sites for hydroxylation is 2. The van der Waals surface area contributed by atoms with Gasteiger partial charge in [0.2, 0.25) is 6.71 Å². The van der Waals surface area contributed by atoms with E-state index in [9.17, 15) is 0 Å². The standard InChI is InChI=1S/C45H30BN3O3.Pt/c1-27-10-8-11-28(2)44(27)49-37-14-6-5-13-35(37)48-45(49)31-19-21-40-34(25-31)46-33-24-30(18-20-39(33)51-41-16-9-17-42(52-40)43(41)46)36-26-29(22-23-47-36)32-12-4-7-15-38(32)50-3;/h4-23,26H,1-3H3;/q-2;+2. The molecule has 2 aromatic heterocycles. The Morgan fingerprint density at radius 1 is 0.679 bits per heavy atom. The minimum Gasteiger partial charge on any atom is -0.503 e. The van der Waals surface area contributed by atoms with Gasteiger partial charge in [0.05, 0.1) is 24.0 Å². The Balaban J connectivity index is 0.00000372. The fourth-order valence-corrected chi connectivity index (χ4v) is 7.76. The van der Waals surface area contributed by atoms with Crippen LogP contribution in [0.15, 0.2) is 128 Å². The van der Waals surface area contributed by atoms with E-state index in [-0.39, 0.29) is 27.8 Å². The van der Waals surface area contributed by atoms with Crippen molar-refractivity contribution in [1.82, 2.24) is 14.5 Å². The molecule has 0 atom stereocenters. The van der Waals surface area contributed by atoms with Crippen molar-refractivity contribution in [3.8, 4) is 68.2 Å². The Morgan fingerprint density at radius 3 is 2.09 bits per heavy atom. The van der Waals surface area contributed by atoms with Gasteiger partial charge < -0.3 is 23.8 Å². The summed E-state index contributed by atoms with van der Waals surface area (Å²) in [5.74, 6) is 4.65. The van der Waals surface area contributed by atoms with Gasteiger partial charge in [-0.05, 0) is 72.6 Å². The van der Waals surface area contributed by atoms with Crippen molar-refractivity contribution >= 4 is 34.1 Å². The monoisotopic (exact) mass is 866 g/mol. The third-order valence-corrected chi connectivity index (χ3v) is 10.1. The summed E-state index contributed by atoms with van der Waals surface area (Å²) in [4.78, 5) is 9.98. The van der Waals surface area contributed by atoms with Crippen LogP contribution in [0.25, 0.3) is 50.5 Å². The zero-order valence-corrected chi connectivity index (χ0v) is 31.4. The second-order valence-electron chi connectivity index (χ2n) is 13.2. The van der Waals surface area contributed by atoms with Crippen LogP contribution in [0.4, 0.5) is 0 Å². The first-order valence-electron chi connectivity index (χ1n) is 17.3. The number of benzene rings is 6. The number of hydrogen-bond donors (Lipinski definition) is 0. The van der Waals surface area contributed by atoms with Gasteiger partial charge in [-0.2, -0.15) is 0 Å². The van der Waals surface area contributed by atoms with Crippen LogP contribution < -0.4 is 30.6 Å². The number of para-hydroxylation sites is 4. The molecule has 0 aliphatic carbocycles. The predicted octanol–water partition coefficient (Wildman–Crippen LogP) is 8.37. The molecule has 0 N–H and O–H groups in total. The van der Waals surface area contributed by atoms with E-state index >= 15 is 0 Å². The van der Waals surface area contributed by atoms with Crippen molar-refractivity contribution in [3.05, 3.63) is 151 Å². The van der Waals surface area contributed by atoms with E-state index in [1.54, 1.807) is 7.11 Å². The van der Waals surface area contributed by atoms with Crippen LogP contribution in [-0.2, 0) is 21.1 Å². The molecule has 0 bridgehead atoms. The Morgan fingerprint density at radius 2 is 1.34 bits per heavy atom. The van der Waals surface area contributed by atoms with Crippen molar-refractivity contribution in [1.29, 1.82) is 0 Å².